The molecule has 0 bridgehead atoms. The zero-order chi connectivity index (χ0) is 16.5. The fourth-order valence-electron chi connectivity index (χ4n) is 3.04. The second-order valence-corrected chi connectivity index (χ2v) is 8.23. The van der Waals surface area contributed by atoms with E-state index in [1.807, 2.05) is 0 Å². The number of nitrogens with zero attached hydrogens (tertiary/aromatic N) is 2. The van der Waals surface area contributed by atoms with E-state index in [2.05, 4.69) is 9.71 Å². The van der Waals surface area contributed by atoms with Gasteiger partial charge in [0.2, 0.25) is 10.0 Å². The van der Waals surface area contributed by atoms with E-state index >= 15 is 0 Å². The summed E-state index contributed by atoms with van der Waals surface area (Å²) in [7, 11) is -3.16. The molecule has 23 heavy (non-hydrogen) atoms. The highest BCUT2D eigenvalue weighted by molar-refractivity contribution is 7.88. The van der Waals surface area contributed by atoms with Crippen LogP contribution >= 0.6 is 0 Å². The van der Waals surface area contributed by atoms with E-state index in [0.29, 0.717) is 31.9 Å². The summed E-state index contributed by atoms with van der Waals surface area (Å²) in [5.41, 5.74) is 0.194. The third kappa shape index (κ3) is 3.88. The number of hydrogen-bond acceptors (Lipinski definition) is 5. The maximum atomic E-state index is 12.3. The van der Waals surface area contributed by atoms with Crippen LogP contribution in [0.25, 0.3) is 0 Å². The van der Waals surface area contributed by atoms with Crippen LogP contribution in [-0.2, 0) is 14.8 Å². The molecular weight excluding hydrogens is 318 g/mol. The second-order valence-electron chi connectivity index (χ2n) is 6.40. The molecule has 3 heterocycles. The number of carbonyl (C=O) groups is 1. The predicted octanol–water partition coefficient (Wildman–Crippen LogP) is 0.252. The molecule has 1 N–H and O–H groups in total. The lowest BCUT2D eigenvalue weighted by molar-refractivity contribution is -0.166. The van der Waals surface area contributed by atoms with Crippen LogP contribution < -0.4 is 4.72 Å². The molecule has 0 aromatic carbocycles. The Morgan fingerprint density at radius 1 is 1.48 bits per heavy atom. The van der Waals surface area contributed by atoms with Gasteiger partial charge in [-0.1, -0.05) is 6.07 Å². The van der Waals surface area contributed by atoms with Crippen LogP contribution in [0.4, 0.5) is 0 Å². The van der Waals surface area contributed by atoms with Crippen molar-refractivity contribution in [3.8, 4) is 0 Å². The van der Waals surface area contributed by atoms with Crippen molar-refractivity contribution < 1.29 is 17.9 Å². The molecule has 7 nitrogen and oxygen atoms in total. The van der Waals surface area contributed by atoms with E-state index in [-0.39, 0.29) is 17.4 Å². The van der Waals surface area contributed by atoms with Crippen molar-refractivity contribution in [1.29, 1.82) is 0 Å². The fraction of sp³-hybridized carbons (Fsp3) is 0.600. The Kier molecular flexibility index (Phi) is 4.39. The van der Waals surface area contributed by atoms with Crippen molar-refractivity contribution in [1.82, 2.24) is 14.6 Å². The van der Waals surface area contributed by atoms with Crippen LogP contribution in [0.1, 0.15) is 23.3 Å². The quantitative estimate of drug-likeness (QED) is 0.850. The Labute approximate surface area is 136 Å². The molecule has 2 fully saturated rings. The van der Waals surface area contributed by atoms with E-state index in [1.54, 1.807) is 29.3 Å². The summed E-state index contributed by atoms with van der Waals surface area (Å²) in [4.78, 5) is 18.1. The number of carbonyl (C=O) groups excluding carboxylic acids is 1. The molecule has 0 unspecified atom stereocenters. The molecular formula is C15H21N3O4S. The Morgan fingerprint density at radius 2 is 2.26 bits per heavy atom. The molecule has 0 saturated carbocycles. The van der Waals surface area contributed by atoms with Gasteiger partial charge in [-0.2, -0.15) is 0 Å². The predicted molar refractivity (Wildman–Crippen MR) is 84.4 cm³/mol. The summed E-state index contributed by atoms with van der Waals surface area (Å²) >= 11 is 0. The van der Waals surface area contributed by atoms with Crippen molar-refractivity contribution in [3.05, 3.63) is 30.1 Å². The third-order valence-corrected chi connectivity index (χ3v) is 5.09. The molecule has 2 aliphatic rings. The number of aromatic nitrogens is 1. The number of ether oxygens (including phenoxy) is 1. The average Bonchev–Trinajstić information content (AvgIpc) is 2.51. The van der Waals surface area contributed by atoms with Gasteiger partial charge in [0.25, 0.3) is 5.91 Å². The Morgan fingerprint density at radius 3 is 2.83 bits per heavy atom. The van der Waals surface area contributed by atoms with Crippen LogP contribution in [0.15, 0.2) is 24.4 Å². The van der Waals surface area contributed by atoms with E-state index < -0.39 is 10.0 Å². The smallest absolute Gasteiger partial charge is 0.272 e. The first-order valence-corrected chi connectivity index (χ1v) is 9.55. The van der Waals surface area contributed by atoms with Gasteiger partial charge in [-0.15, -0.1) is 0 Å². The summed E-state index contributed by atoms with van der Waals surface area (Å²) in [6.45, 7) is 2.09. The third-order valence-electron chi connectivity index (χ3n) is 4.40. The van der Waals surface area contributed by atoms with Crippen molar-refractivity contribution in [2.45, 2.75) is 18.4 Å². The van der Waals surface area contributed by atoms with Gasteiger partial charge in [-0.25, -0.2) is 13.1 Å². The van der Waals surface area contributed by atoms with E-state index in [4.69, 9.17) is 4.74 Å². The average molecular weight is 339 g/mol. The minimum atomic E-state index is -3.16. The van der Waals surface area contributed by atoms with E-state index in [1.165, 1.54) is 0 Å². The highest BCUT2D eigenvalue weighted by atomic mass is 32.2. The zero-order valence-electron chi connectivity index (χ0n) is 13.1. The van der Waals surface area contributed by atoms with Gasteiger partial charge in [-0.05, 0) is 30.9 Å². The Hall–Kier alpha value is -1.51. The SMILES string of the molecule is CS(=O)(=O)NC[C@@H]1CCC2(CN(C(=O)c3ccccn3)C2)OC1. The van der Waals surface area contributed by atoms with Gasteiger partial charge in [0.1, 0.15) is 11.3 Å². The number of hydrogen-bond donors (Lipinski definition) is 1. The number of rotatable bonds is 4. The van der Waals surface area contributed by atoms with Gasteiger partial charge in [0.15, 0.2) is 0 Å². The molecule has 126 valence electrons. The van der Waals surface area contributed by atoms with Crippen molar-refractivity contribution >= 4 is 15.9 Å². The molecule has 3 rings (SSSR count). The number of sulfonamides is 1. The first-order valence-electron chi connectivity index (χ1n) is 7.66. The summed E-state index contributed by atoms with van der Waals surface area (Å²) in [6, 6.07) is 5.29. The summed E-state index contributed by atoms with van der Waals surface area (Å²) in [6.07, 6.45) is 4.51. The standard InChI is InChI=1S/C15H21N3O4S/c1-23(20,21)17-8-12-5-6-15(22-9-12)10-18(11-15)14(19)13-4-2-3-7-16-13/h2-4,7,12,17H,5-6,8-11H2,1H3/t12-/m0/s1. The van der Waals surface area contributed by atoms with Crippen LogP contribution in [0.5, 0.6) is 0 Å². The van der Waals surface area contributed by atoms with Crippen molar-refractivity contribution in [2.24, 2.45) is 5.92 Å². The largest absolute Gasteiger partial charge is 0.371 e. The van der Waals surface area contributed by atoms with Gasteiger partial charge in [-0.3, -0.25) is 9.78 Å². The summed E-state index contributed by atoms with van der Waals surface area (Å²) in [5, 5.41) is 0. The normalized spacial score (nSPS) is 23.5. The molecule has 1 aromatic rings. The monoisotopic (exact) mass is 339 g/mol. The molecule has 2 aliphatic heterocycles. The fourth-order valence-corrected chi connectivity index (χ4v) is 3.58. The highest BCUT2D eigenvalue weighted by Crippen LogP contribution is 2.36. The summed E-state index contributed by atoms with van der Waals surface area (Å²) < 4.78 is 30.7. The number of amides is 1. The minimum Gasteiger partial charge on any atom is -0.371 e. The Balaban J connectivity index is 1.47. The molecule has 1 aromatic heterocycles. The number of pyridine rings is 1. The molecule has 2 saturated heterocycles. The van der Waals surface area contributed by atoms with Gasteiger partial charge in [0, 0.05) is 12.7 Å². The molecule has 0 aliphatic carbocycles. The molecule has 8 heteroatoms. The second kappa shape index (κ2) is 6.18. The lowest BCUT2D eigenvalue weighted by atomic mass is 9.83. The highest BCUT2D eigenvalue weighted by Gasteiger charge is 2.48. The van der Waals surface area contributed by atoms with Gasteiger partial charge in [0.05, 0.1) is 26.0 Å². The molecule has 1 spiro atoms. The van der Waals surface area contributed by atoms with Crippen molar-refractivity contribution in [3.63, 3.8) is 0 Å². The maximum absolute atomic E-state index is 12.3. The first kappa shape index (κ1) is 16.4. The van der Waals surface area contributed by atoms with Crippen LogP contribution in [0.2, 0.25) is 0 Å². The lowest BCUT2D eigenvalue weighted by Crippen LogP contribution is -2.66. The lowest BCUT2D eigenvalue weighted by Gasteiger charge is -2.52. The van der Waals surface area contributed by atoms with E-state index in [0.717, 1.165) is 19.1 Å². The number of likely N-dealkylation sites (tertiary alicyclic amines) is 1. The zero-order valence-corrected chi connectivity index (χ0v) is 13.9. The van der Waals surface area contributed by atoms with E-state index in [9.17, 15) is 13.2 Å². The van der Waals surface area contributed by atoms with Crippen LogP contribution in [0, 0.1) is 5.92 Å². The minimum absolute atomic E-state index is 0.0688. The molecule has 0 radical (unpaired) electrons. The summed E-state index contributed by atoms with van der Waals surface area (Å²) in [5.74, 6) is 0.122. The van der Waals surface area contributed by atoms with Gasteiger partial charge >= 0.3 is 0 Å². The van der Waals surface area contributed by atoms with Crippen LogP contribution in [-0.4, -0.2) is 62.3 Å². The maximum Gasteiger partial charge on any atom is 0.272 e. The van der Waals surface area contributed by atoms with Crippen molar-refractivity contribution in [2.75, 3.05) is 32.5 Å². The molecule has 1 atom stereocenters. The first-order chi connectivity index (χ1) is 10.9. The van der Waals surface area contributed by atoms with Gasteiger partial charge < -0.3 is 9.64 Å². The topological polar surface area (TPSA) is 88.6 Å². The number of nitrogens with one attached hydrogen (secondary N) is 1. The molecule has 1 amide bonds. The van der Waals surface area contributed by atoms with Crippen LogP contribution in [0.3, 0.4) is 0 Å². The Bertz CT molecular complexity index is 661.